The number of sulfonamides is 1. The van der Waals surface area contributed by atoms with Crippen LogP contribution in [0, 0.1) is 5.92 Å². The number of hydrogen-bond acceptors (Lipinski definition) is 6. The molecule has 2 aromatic carbocycles. The van der Waals surface area contributed by atoms with E-state index in [1.807, 2.05) is 24.3 Å². The number of rotatable bonds is 13. The SMILES string of the molecule is CCCCN(CCCC)c1cc(C(=O)NC[C@H]2CC=COC2)cc(S(N)(=O)=O)c1Oc1ccccc1. The van der Waals surface area contributed by atoms with Crippen LogP contribution in [0.5, 0.6) is 11.5 Å². The average Bonchev–Trinajstić information content (AvgIpc) is 2.88. The fourth-order valence-corrected chi connectivity index (χ4v) is 4.68. The van der Waals surface area contributed by atoms with E-state index in [9.17, 15) is 13.2 Å². The summed E-state index contributed by atoms with van der Waals surface area (Å²) in [6, 6.07) is 12.0. The van der Waals surface area contributed by atoms with Gasteiger partial charge in [0.2, 0.25) is 10.0 Å². The lowest BCUT2D eigenvalue weighted by Crippen LogP contribution is -2.32. The van der Waals surface area contributed by atoms with Crippen molar-refractivity contribution in [3.8, 4) is 11.5 Å². The van der Waals surface area contributed by atoms with Crippen LogP contribution < -0.4 is 20.1 Å². The highest BCUT2D eigenvalue weighted by Gasteiger charge is 2.26. The van der Waals surface area contributed by atoms with Gasteiger partial charge in [0.15, 0.2) is 5.75 Å². The minimum Gasteiger partial charge on any atom is -0.501 e. The predicted octanol–water partition coefficient (Wildman–Crippen LogP) is 4.81. The molecule has 2 aromatic rings. The largest absolute Gasteiger partial charge is 0.501 e. The van der Waals surface area contributed by atoms with E-state index < -0.39 is 10.0 Å². The molecule has 0 unspecified atom stereocenters. The Morgan fingerprint density at radius 2 is 1.83 bits per heavy atom. The lowest BCUT2D eigenvalue weighted by molar-refractivity contribution is 0.0933. The third kappa shape index (κ3) is 7.73. The van der Waals surface area contributed by atoms with Crippen molar-refractivity contribution in [3.05, 3.63) is 60.4 Å². The zero-order valence-electron chi connectivity index (χ0n) is 21.1. The Balaban J connectivity index is 2.06. The van der Waals surface area contributed by atoms with E-state index in [1.165, 1.54) is 6.07 Å². The normalized spacial score (nSPS) is 15.2. The number of nitrogens with one attached hydrogen (secondary N) is 1. The number of para-hydroxylation sites is 1. The second kappa shape index (κ2) is 13.3. The number of nitrogens with zero attached hydrogens (tertiary/aromatic N) is 1. The fourth-order valence-electron chi connectivity index (χ4n) is 3.98. The molecule has 0 radical (unpaired) electrons. The van der Waals surface area contributed by atoms with Crippen molar-refractivity contribution >= 4 is 21.6 Å². The lowest BCUT2D eigenvalue weighted by Gasteiger charge is -2.28. The third-order valence-electron chi connectivity index (χ3n) is 6.02. The van der Waals surface area contributed by atoms with Gasteiger partial charge in [-0.1, -0.05) is 44.9 Å². The zero-order valence-corrected chi connectivity index (χ0v) is 21.9. The van der Waals surface area contributed by atoms with Crippen molar-refractivity contribution in [1.82, 2.24) is 5.32 Å². The van der Waals surface area contributed by atoms with Crippen molar-refractivity contribution in [2.75, 3.05) is 31.1 Å². The number of primary sulfonamides is 1. The number of anilines is 1. The molecule has 3 rings (SSSR count). The summed E-state index contributed by atoms with van der Waals surface area (Å²) in [4.78, 5) is 15.1. The molecule has 0 saturated heterocycles. The van der Waals surface area contributed by atoms with Crippen molar-refractivity contribution in [1.29, 1.82) is 0 Å². The Hall–Kier alpha value is -3.04. The summed E-state index contributed by atoms with van der Waals surface area (Å²) in [7, 11) is -4.20. The number of amides is 1. The fraction of sp³-hybridized carbons (Fsp3) is 0.444. The molecule has 0 aromatic heterocycles. The van der Waals surface area contributed by atoms with E-state index in [0.29, 0.717) is 37.7 Å². The molecule has 36 heavy (non-hydrogen) atoms. The molecule has 196 valence electrons. The van der Waals surface area contributed by atoms with Gasteiger partial charge in [-0.15, -0.1) is 0 Å². The second-order valence-electron chi connectivity index (χ2n) is 8.99. The number of carbonyl (C=O) groups excluding carboxylic acids is 1. The van der Waals surface area contributed by atoms with Crippen LogP contribution in [0.3, 0.4) is 0 Å². The van der Waals surface area contributed by atoms with E-state index in [4.69, 9.17) is 14.6 Å². The molecule has 0 aliphatic carbocycles. The molecule has 0 fully saturated rings. The summed E-state index contributed by atoms with van der Waals surface area (Å²) in [6.07, 6.45) is 8.15. The zero-order chi connectivity index (χ0) is 26.0. The molecule has 1 atom stereocenters. The predicted molar refractivity (Wildman–Crippen MR) is 142 cm³/mol. The van der Waals surface area contributed by atoms with Gasteiger partial charge >= 0.3 is 0 Å². The third-order valence-corrected chi connectivity index (χ3v) is 6.93. The molecule has 8 nitrogen and oxygen atoms in total. The highest BCUT2D eigenvalue weighted by atomic mass is 32.2. The summed E-state index contributed by atoms with van der Waals surface area (Å²) < 4.78 is 37.0. The van der Waals surface area contributed by atoms with Gasteiger partial charge < -0.3 is 19.7 Å². The Morgan fingerprint density at radius 3 is 2.42 bits per heavy atom. The van der Waals surface area contributed by atoms with Crippen LogP contribution in [0.1, 0.15) is 56.3 Å². The Morgan fingerprint density at radius 1 is 1.14 bits per heavy atom. The lowest BCUT2D eigenvalue weighted by atomic mass is 10.1. The summed E-state index contributed by atoms with van der Waals surface area (Å²) in [5, 5.41) is 8.58. The van der Waals surface area contributed by atoms with Gasteiger partial charge in [-0.3, -0.25) is 4.79 Å². The molecule has 3 N–H and O–H groups in total. The molecule has 0 saturated carbocycles. The average molecular weight is 516 g/mol. The van der Waals surface area contributed by atoms with Gasteiger partial charge in [0, 0.05) is 31.1 Å². The number of carbonyl (C=O) groups is 1. The standard InChI is InChI=1S/C27H37N3O5S/c1-3-5-14-30(15-6-4-2)24-17-22(27(31)29-19-21-11-10-16-34-20-21)18-25(36(28,32)33)26(24)35-23-12-8-7-9-13-23/h7-10,12-13,16-18,21H,3-6,11,14-15,19-20H2,1-2H3,(H,29,31)(H2,28,32,33)/t21-/m1/s1. The molecule has 1 aliphatic heterocycles. The maximum absolute atomic E-state index is 13.2. The summed E-state index contributed by atoms with van der Waals surface area (Å²) in [5.74, 6) is 0.408. The first-order valence-electron chi connectivity index (χ1n) is 12.6. The number of hydrogen-bond donors (Lipinski definition) is 2. The quantitative estimate of drug-likeness (QED) is 0.396. The van der Waals surface area contributed by atoms with E-state index in [1.54, 1.807) is 24.5 Å². The van der Waals surface area contributed by atoms with Crippen molar-refractivity contribution < 1.29 is 22.7 Å². The Kier molecular flexibility index (Phi) is 10.2. The summed E-state index contributed by atoms with van der Waals surface area (Å²) in [5.41, 5.74) is 0.765. The first-order valence-corrected chi connectivity index (χ1v) is 14.1. The van der Waals surface area contributed by atoms with Crippen LogP contribution in [0.25, 0.3) is 0 Å². The highest BCUT2D eigenvalue weighted by Crippen LogP contribution is 2.39. The van der Waals surface area contributed by atoms with Gasteiger partial charge in [-0.25, -0.2) is 13.6 Å². The first-order chi connectivity index (χ1) is 17.3. The van der Waals surface area contributed by atoms with E-state index in [0.717, 1.165) is 32.1 Å². The van der Waals surface area contributed by atoms with Crippen LogP contribution in [-0.4, -0.2) is 40.6 Å². The molecular formula is C27H37N3O5S. The number of allylic oxidation sites excluding steroid dienone is 1. The van der Waals surface area contributed by atoms with E-state index >= 15 is 0 Å². The van der Waals surface area contributed by atoms with Crippen molar-refractivity contribution in [2.24, 2.45) is 11.1 Å². The van der Waals surface area contributed by atoms with Crippen LogP contribution in [0.15, 0.2) is 59.7 Å². The number of benzene rings is 2. The van der Waals surface area contributed by atoms with Crippen molar-refractivity contribution in [3.63, 3.8) is 0 Å². The summed E-state index contributed by atoms with van der Waals surface area (Å²) >= 11 is 0. The van der Waals surface area contributed by atoms with Crippen molar-refractivity contribution in [2.45, 2.75) is 50.8 Å². The number of ether oxygens (including phenoxy) is 2. The molecule has 1 heterocycles. The minimum absolute atomic E-state index is 0.137. The molecule has 9 heteroatoms. The maximum atomic E-state index is 13.2. The van der Waals surface area contributed by atoms with Crippen LogP contribution in [0.2, 0.25) is 0 Å². The van der Waals surface area contributed by atoms with Gasteiger partial charge in [-0.2, -0.15) is 0 Å². The monoisotopic (exact) mass is 515 g/mol. The molecular weight excluding hydrogens is 478 g/mol. The molecule has 0 spiro atoms. The number of nitrogens with two attached hydrogens (primary N) is 1. The van der Waals surface area contributed by atoms with E-state index in [-0.39, 0.29) is 28.0 Å². The maximum Gasteiger partial charge on any atom is 0.251 e. The molecule has 0 bridgehead atoms. The Labute approximate surface area is 214 Å². The van der Waals surface area contributed by atoms with Crippen LogP contribution >= 0.6 is 0 Å². The second-order valence-corrected chi connectivity index (χ2v) is 10.5. The summed E-state index contributed by atoms with van der Waals surface area (Å²) in [6.45, 7) is 6.54. The molecule has 1 aliphatic rings. The van der Waals surface area contributed by atoms with Crippen LogP contribution in [0.4, 0.5) is 5.69 Å². The first kappa shape index (κ1) is 27.5. The highest BCUT2D eigenvalue weighted by molar-refractivity contribution is 7.89. The van der Waals surface area contributed by atoms with E-state index in [2.05, 4.69) is 24.1 Å². The van der Waals surface area contributed by atoms with Gasteiger partial charge in [0.25, 0.3) is 5.91 Å². The smallest absolute Gasteiger partial charge is 0.251 e. The number of unbranched alkanes of at least 4 members (excludes halogenated alkanes) is 2. The molecule has 1 amide bonds. The topological polar surface area (TPSA) is 111 Å². The van der Waals surface area contributed by atoms with Crippen LogP contribution in [-0.2, 0) is 14.8 Å². The van der Waals surface area contributed by atoms with Gasteiger partial charge in [0.1, 0.15) is 10.6 Å². The minimum atomic E-state index is -4.20. The Bertz CT molecular complexity index is 1130. The van der Waals surface area contributed by atoms with Gasteiger partial charge in [-0.05, 0) is 49.6 Å². The van der Waals surface area contributed by atoms with Gasteiger partial charge in [0.05, 0.1) is 18.6 Å².